The molecule has 0 spiro atoms. The summed E-state index contributed by atoms with van der Waals surface area (Å²) in [7, 11) is -3.54. The lowest BCUT2D eigenvalue weighted by atomic mass is 9.93. The lowest BCUT2D eigenvalue weighted by Crippen LogP contribution is -2.34. The summed E-state index contributed by atoms with van der Waals surface area (Å²) < 4.78 is 29.4. The number of nitrogens with one attached hydrogen (secondary N) is 3. The first-order chi connectivity index (χ1) is 15.9. The van der Waals surface area contributed by atoms with E-state index in [1.165, 1.54) is 22.5 Å². The van der Waals surface area contributed by atoms with E-state index in [1.807, 2.05) is 30.5 Å². The lowest BCUT2D eigenvalue weighted by Gasteiger charge is -2.24. The zero-order valence-corrected chi connectivity index (χ0v) is 20.8. The molecule has 3 heterocycles. The van der Waals surface area contributed by atoms with Crippen molar-refractivity contribution >= 4 is 71.1 Å². The number of fused-ring (bicyclic) bond motifs is 2. The van der Waals surface area contributed by atoms with Crippen molar-refractivity contribution in [1.29, 1.82) is 0 Å². The molecule has 5 nitrogen and oxygen atoms in total. The van der Waals surface area contributed by atoms with E-state index in [0.29, 0.717) is 21.8 Å². The Labute approximate surface area is 206 Å². The van der Waals surface area contributed by atoms with E-state index in [2.05, 4.69) is 21.1 Å². The number of aromatic amines is 1. The number of hydrogen-bond acceptors (Lipinski definition) is 4. The average molecular weight is 521 g/mol. The van der Waals surface area contributed by atoms with Gasteiger partial charge in [0.25, 0.3) is 0 Å². The molecule has 33 heavy (non-hydrogen) atoms. The van der Waals surface area contributed by atoms with Gasteiger partial charge in [0.1, 0.15) is 4.21 Å². The van der Waals surface area contributed by atoms with E-state index in [-0.39, 0.29) is 0 Å². The number of aromatic nitrogens is 1. The molecule has 2 aromatic heterocycles. The minimum atomic E-state index is -3.54. The Morgan fingerprint density at radius 1 is 1.09 bits per heavy atom. The number of halogens is 2. The maximum Gasteiger partial charge on any atom is 0.250 e. The highest BCUT2D eigenvalue weighted by atomic mass is 35.5. The fourth-order valence-electron chi connectivity index (χ4n) is 4.30. The molecule has 0 saturated heterocycles. The molecule has 1 atom stereocenters. The zero-order valence-electron chi connectivity index (χ0n) is 17.7. The van der Waals surface area contributed by atoms with Gasteiger partial charge in [-0.25, -0.2) is 13.1 Å². The van der Waals surface area contributed by atoms with Gasteiger partial charge in [-0.05, 0) is 72.7 Å². The molecule has 9 heteroatoms. The van der Waals surface area contributed by atoms with Gasteiger partial charge in [-0.2, -0.15) is 0 Å². The predicted molar refractivity (Wildman–Crippen MR) is 139 cm³/mol. The summed E-state index contributed by atoms with van der Waals surface area (Å²) in [5.74, 6) is 0. The van der Waals surface area contributed by atoms with Crippen LogP contribution in [-0.2, 0) is 10.0 Å². The van der Waals surface area contributed by atoms with Crippen LogP contribution in [0.2, 0.25) is 10.0 Å². The van der Waals surface area contributed by atoms with Gasteiger partial charge in [-0.1, -0.05) is 29.3 Å². The summed E-state index contributed by atoms with van der Waals surface area (Å²) in [6, 6.07) is 13.3. The number of thiophene rings is 1. The van der Waals surface area contributed by atoms with Crippen LogP contribution in [0.5, 0.6) is 0 Å². The van der Waals surface area contributed by atoms with E-state index in [0.717, 1.165) is 51.8 Å². The van der Waals surface area contributed by atoms with Crippen LogP contribution in [0.1, 0.15) is 24.8 Å². The Balaban J connectivity index is 1.18. The molecule has 0 fully saturated rings. The first kappa shape index (κ1) is 22.9. The Bertz CT molecular complexity index is 1460. The maximum atomic E-state index is 12.7. The summed E-state index contributed by atoms with van der Waals surface area (Å²) in [6.45, 7) is 1.20. The van der Waals surface area contributed by atoms with Gasteiger partial charge >= 0.3 is 0 Å². The van der Waals surface area contributed by atoms with Gasteiger partial charge in [0.15, 0.2) is 0 Å². The lowest BCUT2D eigenvalue weighted by molar-refractivity contribution is 0.483. The highest BCUT2D eigenvalue weighted by Gasteiger charge is 2.20. The molecule has 172 valence electrons. The Kier molecular flexibility index (Phi) is 6.53. The summed E-state index contributed by atoms with van der Waals surface area (Å²) in [5, 5.41) is 6.82. The van der Waals surface area contributed by atoms with Gasteiger partial charge in [-0.15, -0.1) is 11.3 Å². The predicted octanol–water partition coefficient (Wildman–Crippen LogP) is 6.19. The van der Waals surface area contributed by atoms with Gasteiger partial charge in [-0.3, -0.25) is 0 Å². The van der Waals surface area contributed by atoms with E-state index < -0.39 is 10.0 Å². The molecule has 1 aliphatic heterocycles. The van der Waals surface area contributed by atoms with Crippen molar-refractivity contribution in [3.05, 3.63) is 70.3 Å². The van der Waals surface area contributed by atoms with Crippen LogP contribution >= 0.6 is 34.5 Å². The molecule has 3 N–H and O–H groups in total. The van der Waals surface area contributed by atoms with Crippen LogP contribution in [0.15, 0.2) is 58.9 Å². The van der Waals surface area contributed by atoms with Crippen LogP contribution in [0.3, 0.4) is 0 Å². The number of sulfonamides is 1. The highest BCUT2D eigenvalue weighted by Crippen LogP contribution is 2.32. The Hall–Kier alpha value is -1.87. The van der Waals surface area contributed by atoms with Crippen LogP contribution in [0.4, 0.5) is 0 Å². The molecule has 5 rings (SSSR count). The van der Waals surface area contributed by atoms with Crippen molar-refractivity contribution < 1.29 is 8.42 Å². The molecule has 0 saturated carbocycles. The SMILES string of the molecule is O=S(=O)(NCCCC1CC(c2c[nH]c3ccc(Cl)cc23)=CCN1)c1cc2cc(Cl)ccc2s1. The molecule has 0 aliphatic carbocycles. The van der Waals surface area contributed by atoms with E-state index in [1.54, 1.807) is 18.2 Å². The number of benzene rings is 2. The van der Waals surface area contributed by atoms with Crippen molar-refractivity contribution in [2.75, 3.05) is 13.1 Å². The van der Waals surface area contributed by atoms with Gasteiger partial charge in [0, 0.05) is 56.5 Å². The minimum absolute atomic E-state index is 0.296. The topological polar surface area (TPSA) is 74.0 Å². The molecule has 1 unspecified atom stereocenters. The first-order valence-corrected chi connectivity index (χ1v) is 13.8. The molecule has 0 amide bonds. The average Bonchev–Trinajstić information content (AvgIpc) is 3.41. The third-order valence-electron chi connectivity index (χ3n) is 5.95. The van der Waals surface area contributed by atoms with Crippen molar-refractivity contribution in [2.45, 2.75) is 29.5 Å². The van der Waals surface area contributed by atoms with Crippen LogP contribution in [0.25, 0.3) is 26.6 Å². The monoisotopic (exact) mass is 519 g/mol. The molecular formula is C24H23Cl2N3O2S2. The molecule has 0 radical (unpaired) electrons. The second-order valence-electron chi connectivity index (χ2n) is 8.22. The van der Waals surface area contributed by atoms with Gasteiger partial charge in [0.2, 0.25) is 10.0 Å². The van der Waals surface area contributed by atoms with Crippen molar-refractivity contribution in [2.24, 2.45) is 0 Å². The molecular weight excluding hydrogens is 497 g/mol. The number of rotatable bonds is 7. The standard InChI is InChI=1S/C24H23Cl2N3O2S2/c25-17-4-6-23-16(10-17)12-24(32-23)33(30,31)29-8-1-2-19-11-15(7-9-27-19)21-14-28-22-5-3-18(26)13-20(21)22/h3-7,10,12-14,19,27-29H,1-2,8-9,11H2. The van der Waals surface area contributed by atoms with E-state index >= 15 is 0 Å². The van der Waals surface area contributed by atoms with Crippen LogP contribution in [-0.4, -0.2) is 32.5 Å². The van der Waals surface area contributed by atoms with Crippen molar-refractivity contribution in [3.8, 4) is 0 Å². The second-order valence-corrected chi connectivity index (χ2v) is 12.2. The van der Waals surface area contributed by atoms with Crippen LogP contribution < -0.4 is 10.0 Å². The molecule has 2 aromatic carbocycles. The summed E-state index contributed by atoms with van der Waals surface area (Å²) >= 11 is 13.5. The van der Waals surface area contributed by atoms with Crippen molar-refractivity contribution in [1.82, 2.24) is 15.0 Å². The van der Waals surface area contributed by atoms with Gasteiger partial charge < -0.3 is 10.3 Å². The fourth-order valence-corrected chi connectivity index (χ4v) is 7.15. The normalized spacial score (nSPS) is 17.0. The highest BCUT2D eigenvalue weighted by molar-refractivity contribution is 7.91. The number of hydrogen-bond donors (Lipinski definition) is 3. The second kappa shape index (κ2) is 9.41. The van der Waals surface area contributed by atoms with E-state index in [9.17, 15) is 8.42 Å². The van der Waals surface area contributed by atoms with E-state index in [4.69, 9.17) is 23.2 Å². The van der Waals surface area contributed by atoms with Crippen LogP contribution in [0, 0.1) is 0 Å². The third-order valence-corrected chi connectivity index (χ3v) is 9.47. The maximum absolute atomic E-state index is 12.7. The van der Waals surface area contributed by atoms with Gasteiger partial charge in [0.05, 0.1) is 0 Å². The molecule has 1 aliphatic rings. The minimum Gasteiger partial charge on any atom is -0.361 e. The number of H-pyrrole nitrogens is 1. The first-order valence-electron chi connectivity index (χ1n) is 10.8. The smallest absolute Gasteiger partial charge is 0.250 e. The molecule has 0 bridgehead atoms. The largest absolute Gasteiger partial charge is 0.361 e. The molecule has 4 aromatic rings. The zero-order chi connectivity index (χ0) is 23.0. The third kappa shape index (κ3) is 4.99. The Morgan fingerprint density at radius 3 is 2.79 bits per heavy atom. The quantitative estimate of drug-likeness (QED) is 0.254. The fraction of sp³-hybridized carbons (Fsp3) is 0.250. The van der Waals surface area contributed by atoms with Crippen molar-refractivity contribution in [3.63, 3.8) is 0 Å². The summed E-state index contributed by atoms with van der Waals surface area (Å²) in [4.78, 5) is 3.32. The Morgan fingerprint density at radius 2 is 1.91 bits per heavy atom. The summed E-state index contributed by atoms with van der Waals surface area (Å²) in [5.41, 5.74) is 3.55. The summed E-state index contributed by atoms with van der Waals surface area (Å²) in [6.07, 6.45) is 6.78.